The monoisotopic (exact) mass is 143 g/mol. The standard InChI is InChI=1S/C8H14FN/c1-8(7-9)10-5-3-2-4-6-10/h1-7H2. The van der Waals surface area contributed by atoms with E-state index < -0.39 is 0 Å². The molecular weight excluding hydrogens is 129 g/mol. The molecule has 1 aliphatic heterocycles. The molecule has 1 aliphatic rings. The summed E-state index contributed by atoms with van der Waals surface area (Å²) in [5, 5.41) is 0. The van der Waals surface area contributed by atoms with Gasteiger partial charge in [-0.15, -0.1) is 0 Å². The van der Waals surface area contributed by atoms with E-state index in [-0.39, 0.29) is 6.67 Å². The summed E-state index contributed by atoms with van der Waals surface area (Å²) in [5.74, 6) is 0. The van der Waals surface area contributed by atoms with Crippen LogP contribution >= 0.6 is 0 Å². The van der Waals surface area contributed by atoms with Gasteiger partial charge in [0.25, 0.3) is 0 Å². The van der Waals surface area contributed by atoms with Crippen LogP contribution in [0.2, 0.25) is 0 Å². The van der Waals surface area contributed by atoms with Gasteiger partial charge in [-0.1, -0.05) is 6.58 Å². The summed E-state index contributed by atoms with van der Waals surface area (Å²) in [6, 6.07) is 0. The molecule has 1 heterocycles. The van der Waals surface area contributed by atoms with Crippen molar-refractivity contribution in [1.82, 2.24) is 4.90 Å². The van der Waals surface area contributed by atoms with Crippen molar-refractivity contribution in [2.75, 3.05) is 19.8 Å². The fraction of sp³-hybridized carbons (Fsp3) is 0.750. The summed E-state index contributed by atoms with van der Waals surface area (Å²) in [5.41, 5.74) is 0.653. The molecule has 1 saturated heterocycles. The Balaban J connectivity index is 2.31. The van der Waals surface area contributed by atoms with Gasteiger partial charge in [-0.3, -0.25) is 0 Å². The van der Waals surface area contributed by atoms with Crippen LogP contribution in [0, 0.1) is 0 Å². The highest BCUT2D eigenvalue weighted by Gasteiger charge is 2.10. The first-order valence-electron chi connectivity index (χ1n) is 3.83. The Morgan fingerprint density at radius 1 is 1.30 bits per heavy atom. The van der Waals surface area contributed by atoms with Crippen LogP contribution in [0.3, 0.4) is 0 Å². The molecule has 10 heavy (non-hydrogen) atoms. The molecule has 1 rings (SSSR count). The van der Waals surface area contributed by atoms with Crippen LogP contribution in [0.5, 0.6) is 0 Å². The van der Waals surface area contributed by atoms with Crippen molar-refractivity contribution in [3.05, 3.63) is 12.3 Å². The predicted molar refractivity (Wildman–Crippen MR) is 40.5 cm³/mol. The van der Waals surface area contributed by atoms with Gasteiger partial charge in [0.05, 0.1) is 0 Å². The highest BCUT2D eigenvalue weighted by Crippen LogP contribution is 2.13. The minimum Gasteiger partial charge on any atom is -0.373 e. The molecule has 0 spiro atoms. The molecule has 0 aromatic rings. The third-order valence-corrected chi connectivity index (χ3v) is 1.96. The van der Waals surface area contributed by atoms with Crippen LogP contribution in [0.1, 0.15) is 19.3 Å². The van der Waals surface area contributed by atoms with E-state index in [4.69, 9.17) is 0 Å². The van der Waals surface area contributed by atoms with E-state index in [0.29, 0.717) is 5.70 Å². The average Bonchev–Trinajstić information content (AvgIpc) is 2.05. The number of alkyl halides is 1. The Hall–Kier alpha value is -0.530. The van der Waals surface area contributed by atoms with Gasteiger partial charge >= 0.3 is 0 Å². The molecule has 0 N–H and O–H groups in total. The largest absolute Gasteiger partial charge is 0.373 e. The second-order valence-corrected chi connectivity index (χ2v) is 2.75. The zero-order chi connectivity index (χ0) is 7.40. The van der Waals surface area contributed by atoms with E-state index in [0.717, 1.165) is 13.1 Å². The molecule has 0 aromatic carbocycles. The second-order valence-electron chi connectivity index (χ2n) is 2.75. The van der Waals surface area contributed by atoms with Gasteiger partial charge in [0.2, 0.25) is 0 Å². The maximum Gasteiger partial charge on any atom is 0.128 e. The van der Waals surface area contributed by atoms with Crippen molar-refractivity contribution >= 4 is 0 Å². The van der Waals surface area contributed by atoms with Crippen molar-refractivity contribution in [2.24, 2.45) is 0 Å². The summed E-state index contributed by atoms with van der Waals surface area (Å²) in [4.78, 5) is 2.05. The molecule has 1 fully saturated rings. The molecule has 0 aliphatic carbocycles. The minimum atomic E-state index is -0.389. The summed E-state index contributed by atoms with van der Waals surface area (Å²) >= 11 is 0. The SMILES string of the molecule is C=C(CF)N1CCCCC1. The quantitative estimate of drug-likeness (QED) is 0.571. The second kappa shape index (κ2) is 3.59. The highest BCUT2D eigenvalue weighted by atomic mass is 19.1. The van der Waals surface area contributed by atoms with Crippen molar-refractivity contribution in [3.63, 3.8) is 0 Å². The number of likely N-dealkylation sites (tertiary alicyclic amines) is 1. The van der Waals surface area contributed by atoms with Gasteiger partial charge < -0.3 is 4.90 Å². The van der Waals surface area contributed by atoms with Gasteiger partial charge in [0, 0.05) is 18.8 Å². The maximum absolute atomic E-state index is 12.0. The van der Waals surface area contributed by atoms with E-state index in [1.54, 1.807) is 0 Å². The fourth-order valence-corrected chi connectivity index (χ4v) is 1.29. The first kappa shape index (κ1) is 7.58. The van der Waals surface area contributed by atoms with E-state index in [1.807, 2.05) is 4.90 Å². The molecular formula is C8H14FN. The van der Waals surface area contributed by atoms with Gasteiger partial charge in [-0.25, -0.2) is 4.39 Å². The normalized spacial score (nSPS) is 19.1. The Morgan fingerprint density at radius 2 is 1.90 bits per heavy atom. The van der Waals surface area contributed by atoms with E-state index in [9.17, 15) is 4.39 Å². The zero-order valence-corrected chi connectivity index (χ0v) is 6.27. The lowest BCUT2D eigenvalue weighted by atomic mass is 10.1. The number of piperidine rings is 1. The molecule has 0 atom stereocenters. The van der Waals surface area contributed by atoms with Gasteiger partial charge in [-0.05, 0) is 19.3 Å². The molecule has 0 amide bonds. The van der Waals surface area contributed by atoms with Crippen molar-refractivity contribution in [3.8, 4) is 0 Å². The first-order valence-corrected chi connectivity index (χ1v) is 3.83. The summed E-state index contributed by atoms with van der Waals surface area (Å²) in [6.07, 6.45) is 3.67. The van der Waals surface area contributed by atoms with Crippen LogP contribution < -0.4 is 0 Å². The smallest absolute Gasteiger partial charge is 0.128 e. The lowest BCUT2D eigenvalue weighted by Crippen LogP contribution is -2.29. The fourth-order valence-electron chi connectivity index (χ4n) is 1.29. The molecule has 0 saturated carbocycles. The summed E-state index contributed by atoms with van der Waals surface area (Å²) < 4.78 is 12.0. The van der Waals surface area contributed by atoms with Crippen LogP contribution in [-0.2, 0) is 0 Å². The Labute approximate surface area is 61.5 Å². The van der Waals surface area contributed by atoms with Gasteiger partial charge in [0.1, 0.15) is 6.67 Å². The lowest BCUT2D eigenvalue weighted by Gasteiger charge is -2.28. The minimum absolute atomic E-state index is 0.389. The van der Waals surface area contributed by atoms with E-state index in [1.165, 1.54) is 19.3 Å². The number of allylic oxidation sites excluding steroid dienone is 1. The van der Waals surface area contributed by atoms with E-state index in [2.05, 4.69) is 6.58 Å². The Bertz CT molecular complexity index is 116. The molecule has 2 heteroatoms. The molecule has 0 bridgehead atoms. The summed E-state index contributed by atoms with van der Waals surface area (Å²) in [7, 11) is 0. The van der Waals surface area contributed by atoms with Crippen LogP contribution in [0.25, 0.3) is 0 Å². The third kappa shape index (κ3) is 1.72. The van der Waals surface area contributed by atoms with E-state index >= 15 is 0 Å². The molecule has 0 unspecified atom stereocenters. The molecule has 58 valence electrons. The summed E-state index contributed by atoms with van der Waals surface area (Å²) in [6.45, 7) is 5.26. The number of halogens is 1. The molecule has 0 radical (unpaired) electrons. The number of nitrogens with zero attached hydrogens (tertiary/aromatic N) is 1. The number of rotatable bonds is 2. The Morgan fingerprint density at radius 3 is 2.40 bits per heavy atom. The van der Waals surface area contributed by atoms with Crippen molar-refractivity contribution in [1.29, 1.82) is 0 Å². The van der Waals surface area contributed by atoms with Gasteiger partial charge in [0.15, 0.2) is 0 Å². The molecule has 0 aromatic heterocycles. The Kier molecular flexibility index (Phi) is 2.72. The topological polar surface area (TPSA) is 3.24 Å². The van der Waals surface area contributed by atoms with Crippen LogP contribution in [0.15, 0.2) is 12.3 Å². The maximum atomic E-state index is 12.0. The predicted octanol–water partition coefficient (Wildman–Crippen LogP) is 1.96. The first-order chi connectivity index (χ1) is 4.84. The average molecular weight is 143 g/mol. The number of hydrogen-bond donors (Lipinski definition) is 0. The van der Waals surface area contributed by atoms with Crippen molar-refractivity contribution < 1.29 is 4.39 Å². The lowest BCUT2D eigenvalue weighted by molar-refractivity contribution is 0.265. The zero-order valence-electron chi connectivity index (χ0n) is 6.27. The highest BCUT2D eigenvalue weighted by molar-refractivity contribution is 4.94. The third-order valence-electron chi connectivity index (χ3n) is 1.96. The molecule has 1 nitrogen and oxygen atoms in total. The van der Waals surface area contributed by atoms with Crippen LogP contribution in [-0.4, -0.2) is 24.7 Å². The number of hydrogen-bond acceptors (Lipinski definition) is 1. The van der Waals surface area contributed by atoms with Crippen LogP contribution in [0.4, 0.5) is 4.39 Å². The van der Waals surface area contributed by atoms with Crippen molar-refractivity contribution in [2.45, 2.75) is 19.3 Å². The van der Waals surface area contributed by atoms with Gasteiger partial charge in [-0.2, -0.15) is 0 Å².